The maximum absolute atomic E-state index is 13.5. The van der Waals surface area contributed by atoms with Crippen LogP contribution in [0.1, 0.15) is 41.3 Å². The first kappa shape index (κ1) is 43.1. The van der Waals surface area contributed by atoms with Gasteiger partial charge in [-0.2, -0.15) is 0 Å². The van der Waals surface area contributed by atoms with E-state index in [1.807, 2.05) is 78.9 Å². The van der Waals surface area contributed by atoms with Crippen LogP contribution in [0, 0.1) is 16.0 Å². The number of hydrogen-bond donors (Lipinski definition) is 3. The predicted molar refractivity (Wildman–Crippen MR) is 237 cm³/mol. The standard InChI is InChI=1S/C45H48ClN5O7S2/c46-35-14-10-32(11-15-35)40-8-4-5-9-41(40)44(52)33-20-24-50(25-21-33)37-16-12-34(13-17-37)45(53)48-60(56,57)39-18-19-42(43(30-39)51(54)55)47-36(22-23-49-26-28-58-29-27-49)31-59-38-6-2-1-3-7-38/h1-19,30,33,36,44,47,52H,20-29,31H2,(H,48,53)/t36?,44-/m1/s1. The summed E-state index contributed by atoms with van der Waals surface area (Å²) in [4.78, 5) is 30.1. The maximum atomic E-state index is 13.5. The zero-order chi connectivity index (χ0) is 42.1. The zero-order valence-electron chi connectivity index (χ0n) is 33.0. The summed E-state index contributed by atoms with van der Waals surface area (Å²) in [6, 6.07) is 35.5. The summed E-state index contributed by atoms with van der Waals surface area (Å²) in [5.41, 5.74) is 3.62. The number of aliphatic hydroxyl groups excluding tert-OH is 1. The Morgan fingerprint density at radius 2 is 1.58 bits per heavy atom. The molecule has 5 aromatic rings. The molecule has 12 nitrogen and oxygen atoms in total. The summed E-state index contributed by atoms with van der Waals surface area (Å²) in [6.45, 7) is 5.11. The van der Waals surface area contributed by atoms with Crippen LogP contribution in [0.5, 0.6) is 0 Å². The van der Waals surface area contributed by atoms with Crippen LogP contribution in [0.2, 0.25) is 5.02 Å². The van der Waals surface area contributed by atoms with Crippen LogP contribution >= 0.6 is 23.4 Å². The van der Waals surface area contributed by atoms with Crippen LogP contribution in [0.15, 0.2) is 131 Å². The number of halogens is 1. The van der Waals surface area contributed by atoms with Crippen molar-refractivity contribution in [2.45, 2.75) is 41.2 Å². The van der Waals surface area contributed by atoms with Crippen LogP contribution in [-0.4, -0.2) is 87.0 Å². The first-order chi connectivity index (χ1) is 29.0. The van der Waals surface area contributed by atoms with E-state index in [-0.39, 0.29) is 23.2 Å². The minimum Gasteiger partial charge on any atom is -0.388 e. The number of nitrogens with one attached hydrogen (secondary N) is 2. The van der Waals surface area contributed by atoms with Gasteiger partial charge in [0.25, 0.3) is 21.6 Å². The number of ether oxygens (including phenoxy) is 1. The van der Waals surface area contributed by atoms with Gasteiger partial charge in [0, 0.05) is 71.8 Å². The summed E-state index contributed by atoms with van der Waals surface area (Å²) in [7, 11) is -4.47. The van der Waals surface area contributed by atoms with Gasteiger partial charge in [-0.1, -0.05) is 66.2 Å². The van der Waals surface area contributed by atoms with Crippen molar-refractivity contribution in [1.82, 2.24) is 9.62 Å². The lowest BCUT2D eigenvalue weighted by molar-refractivity contribution is -0.384. The molecule has 1 unspecified atom stereocenters. The summed E-state index contributed by atoms with van der Waals surface area (Å²) in [5.74, 6) is -0.178. The maximum Gasteiger partial charge on any atom is 0.293 e. The van der Waals surface area contributed by atoms with Crippen molar-refractivity contribution in [3.05, 3.63) is 148 Å². The Hall–Kier alpha value is -4.96. The molecule has 1 amide bonds. The molecule has 2 aliphatic heterocycles. The fraction of sp³-hybridized carbons (Fsp3) is 0.311. The molecule has 15 heteroatoms. The Morgan fingerprint density at radius 3 is 2.28 bits per heavy atom. The van der Waals surface area contributed by atoms with E-state index in [1.165, 1.54) is 12.1 Å². The molecule has 3 N–H and O–H groups in total. The van der Waals surface area contributed by atoms with E-state index >= 15 is 0 Å². The molecule has 5 aromatic carbocycles. The monoisotopic (exact) mass is 869 g/mol. The number of amides is 1. The van der Waals surface area contributed by atoms with Crippen LogP contribution in [0.25, 0.3) is 11.1 Å². The second-order valence-corrected chi connectivity index (χ2v) is 18.2. The number of rotatable bonds is 16. The number of carbonyl (C=O) groups excluding carboxylic acids is 1. The van der Waals surface area contributed by atoms with Gasteiger partial charge in [-0.3, -0.25) is 19.8 Å². The minimum atomic E-state index is -4.47. The van der Waals surface area contributed by atoms with Crippen molar-refractivity contribution in [2.24, 2.45) is 5.92 Å². The molecule has 2 aliphatic rings. The third-order valence-corrected chi connectivity index (χ3v) is 13.8. The second kappa shape index (κ2) is 20.1. The molecule has 0 saturated carbocycles. The summed E-state index contributed by atoms with van der Waals surface area (Å²) in [6.07, 6.45) is 1.55. The van der Waals surface area contributed by atoms with Gasteiger partial charge in [0.2, 0.25) is 0 Å². The fourth-order valence-corrected chi connectivity index (χ4v) is 9.80. The quantitative estimate of drug-likeness (QED) is 0.0499. The van der Waals surface area contributed by atoms with Crippen molar-refractivity contribution in [3.63, 3.8) is 0 Å². The molecule has 0 bridgehead atoms. The van der Waals surface area contributed by atoms with E-state index in [0.29, 0.717) is 43.5 Å². The molecule has 60 heavy (non-hydrogen) atoms. The highest BCUT2D eigenvalue weighted by molar-refractivity contribution is 7.99. The molecule has 7 rings (SSSR count). The van der Waals surface area contributed by atoms with E-state index in [1.54, 1.807) is 36.0 Å². The molecule has 2 saturated heterocycles. The minimum absolute atomic E-state index is 0.0473. The highest BCUT2D eigenvalue weighted by Crippen LogP contribution is 2.38. The molecule has 2 heterocycles. The lowest BCUT2D eigenvalue weighted by Gasteiger charge is -2.36. The van der Waals surface area contributed by atoms with Crippen molar-refractivity contribution in [3.8, 4) is 11.1 Å². The van der Waals surface area contributed by atoms with Gasteiger partial charge in [0.15, 0.2) is 0 Å². The molecule has 0 spiro atoms. The number of nitro benzene ring substituents is 1. The van der Waals surface area contributed by atoms with Crippen molar-refractivity contribution < 1.29 is 28.0 Å². The summed E-state index contributed by atoms with van der Waals surface area (Å²) in [5, 5.41) is 27.8. The molecule has 2 fully saturated rings. The highest BCUT2D eigenvalue weighted by atomic mass is 35.5. The molecule has 0 aromatic heterocycles. The number of anilines is 2. The number of morpholine rings is 1. The predicted octanol–water partition coefficient (Wildman–Crippen LogP) is 8.28. The number of thioether (sulfide) groups is 1. The number of sulfonamides is 1. The third kappa shape index (κ3) is 11.0. The Balaban J connectivity index is 0.967. The molecule has 314 valence electrons. The van der Waals surface area contributed by atoms with Crippen molar-refractivity contribution in [2.75, 3.05) is 61.9 Å². The number of hydrogen-bond acceptors (Lipinski definition) is 11. The van der Waals surface area contributed by atoms with E-state index in [4.69, 9.17) is 16.3 Å². The number of nitrogens with zero attached hydrogens (tertiary/aromatic N) is 3. The smallest absolute Gasteiger partial charge is 0.293 e. The Morgan fingerprint density at radius 1 is 0.900 bits per heavy atom. The van der Waals surface area contributed by atoms with Crippen molar-refractivity contribution >= 4 is 56.4 Å². The van der Waals surface area contributed by atoms with E-state index in [9.17, 15) is 28.4 Å². The highest BCUT2D eigenvalue weighted by Gasteiger charge is 2.29. The van der Waals surface area contributed by atoms with E-state index in [2.05, 4.69) is 19.8 Å². The lowest BCUT2D eigenvalue weighted by atomic mass is 9.84. The first-order valence-electron chi connectivity index (χ1n) is 20.0. The van der Waals surface area contributed by atoms with Gasteiger partial charge in [0.1, 0.15) is 5.69 Å². The average molecular weight is 870 g/mol. The SMILES string of the molecule is O=C(NS(=O)(=O)c1ccc(NC(CCN2CCOCC2)CSc2ccccc2)c([N+](=O)[O-])c1)c1ccc(N2CCC([C@@H](O)c3ccccc3-c3ccc(Cl)cc3)CC2)cc1. The van der Waals surface area contributed by atoms with Crippen LogP contribution < -0.4 is 14.9 Å². The normalized spacial score (nSPS) is 16.2. The molecule has 0 aliphatic carbocycles. The van der Waals surface area contributed by atoms with E-state index < -0.39 is 37.5 Å². The van der Waals surface area contributed by atoms with Gasteiger partial charge in [-0.15, -0.1) is 11.8 Å². The summed E-state index contributed by atoms with van der Waals surface area (Å²) < 4.78 is 34.5. The number of aliphatic hydroxyl groups is 1. The number of carbonyl (C=O) groups is 1. The van der Waals surface area contributed by atoms with Gasteiger partial charge in [-0.25, -0.2) is 13.1 Å². The number of benzene rings is 5. The average Bonchev–Trinajstić information content (AvgIpc) is 3.28. The van der Waals surface area contributed by atoms with Crippen LogP contribution in [0.4, 0.5) is 17.1 Å². The number of piperidine rings is 1. The van der Waals surface area contributed by atoms with Crippen molar-refractivity contribution in [1.29, 1.82) is 0 Å². The first-order valence-corrected chi connectivity index (χ1v) is 22.9. The van der Waals surface area contributed by atoms with Crippen LogP contribution in [0.3, 0.4) is 0 Å². The van der Waals surface area contributed by atoms with Crippen LogP contribution in [-0.2, 0) is 14.8 Å². The largest absolute Gasteiger partial charge is 0.388 e. The molecule has 2 atom stereocenters. The number of nitro groups is 1. The van der Waals surface area contributed by atoms with Gasteiger partial charge in [-0.05, 0) is 103 Å². The van der Waals surface area contributed by atoms with Gasteiger partial charge < -0.3 is 20.1 Å². The summed E-state index contributed by atoms with van der Waals surface area (Å²) >= 11 is 7.75. The molecular formula is C45H48ClN5O7S2. The Kier molecular flexibility index (Phi) is 14.4. The third-order valence-electron chi connectivity index (χ3n) is 11.1. The lowest BCUT2D eigenvalue weighted by Crippen LogP contribution is -2.39. The van der Waals surface area contributed by atoms with E-state index in [0.717, 1.165) is 65.8 Å². The fourth-order valence-electron chi connectivity index (χ4n) is 7.68. The second-order valence-electron chi connectivity index (χ2n) is 15.0. The Bertz CT molecular complexity index is 2340. The van der Waals surface area contributed by atoms with Gasteiger partial charge in [0.05, 0.1) is 29.1 Å². The molecule has 0 radical (unpaired) electrons. The Labute approximate surface area is 360 Å². The topological polar surface area (TPSA) is 154 Å². The molecular weight excluding hydrogens is 822 g/mol. The zero-order valence-corrected chi connectivity index (χ0v) is 35.4. The van der Waals surface area contributed by atoms with Gasteiger partial charge >= 0.3 is 0 Å².